The van der Waals surface area contributed by atoms with Gasteiger partial charge in [-0.2, -0.15) is 0 Å². The summed E-state index contributed by atoms with van der Waals surface area (Å²) in [6, 6.07) is 8.80. The molecule has 1 fully saturated rings. The Labute approximate surface area is 121 Å². The molecule has 2 aliphatic rings. The SMILES string of the molecule is CC1CCCCCN1C(=O)[C@@H]1Cc2ccccc2CN1. The standard InChI is InChI=1S/C17H24N2O/c1-13-7-3-2-6-10-19(13)17(20)16-11-14-8-4-5-9-15(14)12-18-16/h4-5,8-9,13,16,18H,2-3,6-7,10-12H2,1H3/t13?,16-/m0/s1. The van der Waals surface area contributed by atoms with E-state index in [0.717, 1.165) is 32.4 Å². The van der Waals surface area contributed by atoms with E-state index in [2.05, 4.69) is 41.4 Å². The van der Waals surface area contributed by atoms with Gasteiger partial charge in [0.05, 0.1) is 6.04 Å². The lowest BCUT2D eigenvalue weighted by Crippen LogP contribution is -2.51. The second-order valence-corrected chi connectivity index (χ2v) is 6.14. The van der Waals surface area contributed by atoms with Gasteiger partial charge in [-0.3, -0.25) is 4.79 Å². The van der Waals surface area contributed by atoms with Gasteiger partial charge in [0, 0.05) is 19.1 Å². The van der Waals surface area contributed by atoms with Crippen molar-refractivity contribution in [2.45, 2.75) is 57.7 Å². The third-order valence-electron chi connectivity index (χ3n) is 4.72. The monoisotopic (exact) mass is 272 g/mol. The molecule has 3 rings (SSSR count). The summed E-state index contributed by atoms with van der Waals surface area (Å²) in [5.41, 5.74) is 2.66. The van der Waals surface area contributed by atoms with E-state index in [1.165, 1.54) is 24.0 Å². The number of rotatable bonds is 1. The lowest BCUT2D eigenvalue weighted by Gasteiger charge is -2.33. The number of likely N-dealkylation sites (tertiary alicyclic amines) is 1. The molecule has 2 aliphatic heterocycles. The number of nitrogens with zero attached hydrogens (tertiary/aromatic N) is 1. The van der Waals surface area contributed by atoms with Crippen molar-refractivity contribution in [1.29, 1.82) is 0 Å². The average Bonchev–Trinajstić information content (AvgIpc) is 2.70. The molecule has 0 aromatic heterocycles. The van der Waals surface area contributed by atoms with Gasteiger partial charge in [0.25, 0.3) is 0 Å². The fraction of sp³-hybridized carbons (Fsp3) is 0.588. The number of carbonyl (C=O) groups excluding carboxylic acids is 1. The second-order valence-electron chi connectivity index (χ2n) is 6.14. The van der Waals surface area contributed by atoms with Gasteiger partial charge in [0.15, 0.2) is 0 Å². The van der Waals surface area contributed by atoms with Crippen molar-refractivity contribution >= 4 is 5.91 Å². The van der Waals surface area contributed by atoms with Gasteiger partial charge in [-0.15, -0.1) is 0 Å². The van der Waals surface area contributed by atoms with Crippen molar-refractivity contribution in [2.24, 2.45) is 0 Å². The first-order chi connectivity index (χ1) is 9.75. The molecule has 3 nitrogen and oxygen atoms in total. The van der Waals surface area contributed by atoms with E-state index < -0.39 is 0 Å². The molecular formula is C17H24N2O. The fourth-order valence-corrected chi connectivity index (χ4v) is 3.43. The maximum atomic E-state index is 12.8. The number of nitrogens with one attached hydrogen (secondary N) is 1. The predicted octanol–water partition coefficient (Wildman–Crippen LogP) is 2.49. The Balaban J connectivity index is 1.72. The molecule has 3 heteroatoms. The van der Waals surface area contributed by atoms with Crippen LogP contribution in [0.2, 0.25) is 0 Å². The van der Waals surface area contributed by atoms with Crippen molar-refractivity contribution in [3.8, 4) is 0 Å². The highest BCUT2D eigenvalue weighted by Crippen LogP contribution is 2.21. The summed E-state index contributed by atoms with van der Waals surface area (Å²) in [4.78, 5) is 14.9. The summed E-state index contributed by atoms with van der Waals surface area (Å²) in [5, 5.41) is 3.42. The van der Waals surface area contributed by atoms with Crippen LogP contribution in [0, 0.1) is 0 Å². The minimum absolute atomic E-state index is 0.0366. The van der Waals surface area contributed by atoms with E-state index in [1.54, 1.807) is 0 Å². The molecule has 108 valence electrons. The molecule has 2 atom stereocenters. The molecule has 1 N–H and O–H groups in total. The molecule has 0 bridgehead atoms. The number of hydrogen-bond donors (Lipinski definition) is 1. The number of hydrogen-bond acceptors (Lipinski definition) is 2. The molecule has 1 aromatic rings. The van der Waals surface area contributed by atoms with Crippen LogP contribution in [0.4, 0.5) is 0 Å². The summed E-state index contributed by atoms with van der Waals surface area (Å²) < 4.78 is 0. The smallest absolute Gasteiger partial charge is 0.240 e. The molecule has 1 aromatic carbocycles. The summed E-state index contributed by atoms with van der Waals surface area (Å²) in [6.07, 6.45) is 5.65. The normalized spacial score (nSPS) is 26.8. The van der Waals surface area contributed by atoms with Crippen LogP contribution in [0.15, 0.2) is 24.3 Å². The van der Waals surface area contributed by atoms with Crippen molar-refractivity contribution in [3.63, 3.8) is 0 Å². The highest BCUT2D eigenvalue weighted by molar-refractivity contribution is 5.83. The topological polar surface area (TPSA) is 32.3 Å². The number of benzene rings is 1. The molecule has 1 saturated heterocycles. The Hall–Kier alpha value is -1.35. The third kappa shape index (κ3) is 2.73. The highest BCUT2D eigenvalue weighted by atomic mass is 16.2. The molecule has 0 spiro atoms. The van der Waals surface area contributed by atoms with Crippen LogP contribution in [0.5, 0.6) is 0 Å². The zero-order valence-corrected chi connectivity index (χ0v) is 12.3. The lowest BCUT2D eigenvalue weighted by molar-refractivity contribution is -0.135. The Morgan fingerprint density at radius 3 is 2.85 bits per heavy atom. The van der Waals surface area contributed by atoms with E-state index in [0.29, 0.717) is 11.9 Å². The fourth-order valence-electron chi connectivity index (χ4n) is 3.43. The van der Waals surface area contributed by atoms with Crippen LogP contribution in [0.1, 0.15) is 43.7 Å². The van der Waals surface area contributed by atoms with Crippen LogP contribution >= 0.6 is 0 Å². The van der Waals surface area contributed by atoms with Gasteiger partial charge in [-0.25, -0.2) is 0 Å². The zero-order valence-electron chi connectivity index (χ0n) is 12.3. The zero-order chi connectivity index (χ0) is 13.9. The molecule has 1 unspecified atom stereocenters. The summed E-state index contributed by atoms with van der Waals surface area (Å²) in [5.74, 6) is 0.300. The number of amides is 1. The first-order valence-corrected chi connectivity index (χ1v) is 7.86. The minimum Gasteiger partial charge on any atom is -0.339 e. The summed E-state index contributed by atoms with van der Waals surface area (Å²) >= 11 is 0. The average molecular weight is 272 g/mol. The van der Waals surface area contributed by atoms with Gasteiger partial charge < -0.3 is 10.2 Å². The molecule has 0 aliphatic carbocycles. The van der Waals surface area contributed by atoms with Crippen LogP contribution in [0.3, 0.4) is 0 Å². The van der Waals surface area contributed by atoms with Crippen LogP contribution in [-0.4, -0.2) is 29.4 Å². The molecule has 20 heavy (non-hydrogen) atoms. The lowest BCUT2D eigenvalue weighted by atomic mass is 9.95. The van der Waals surface area contributed by atoms with Gasteiger partial charge in [0.2, 0.25) is 5.91 Å². The predicted molar refractivity (Wildman–Crippen MR) is 80.4 cm³/mol. The van der Waals surface area contributed by atoms with E-state index in [1.807, 2.05) is 0 Å². The highest BCUT2D eigenvalue weighted by Gasteiger charge is 2.30. The Morgan fingerprint density at radius 2 is 2.00 bits per heavy atom. The Kier molecular flexibility index (Phi) is 4.06. The number of fused-ring (bicyclic) bond motifs is 1. The van der Waals surface area contributed by atoms with Crippen LogP contribution in [-0.2, 0) is 17.8 Å². The molecule has 2 heterocycles. The largest absolute Gasteiger partial charge is 0.339 e. The first-order valence-electron chi connectivity index (χ1n) is 7.86. The van der Waals surface area contributed by atoms with Crippen molar-refractivity contribution in [3.05, 3.63) is 35.4 Å². The van der Waals surface area contributed by atoms with Gasteiger partial charge in [-0.1, -0.05) is 37.1 Å². The summed E-state index contributed by atoms with van der Waals surface area (Å²) in [6.45, 7) is 3.94. The van der Waals surface area contributed by atoms with Crippen molar-refractivity contribution in [2.75, 3.05) is 6.54 Å². The van der Waals surface area contributed by atoms with Crippen LogP contribution < -0.4 is 5.32 Å². The Bertz CT molecular complexity index is 486. The third-order valence-corrected chi connectivity index (χ3v) is 4.72. The van der Waals surface area contributed by atoms with E-state index >= 15 is 0 Å². The van der Waals surface area contributed by atoms with Gasteiger partial charge in [0.1, 0.15) is 0 Å². The molecule has 1 amide bonds. The first kappa shape index (κ1) is 13.6. The Morgan fingerprint density at radius 1 is 1.20 bits per heavy atom. The maximum Gasteiger partial charge on any atom is 0.240 e. The quantitative estimate of drug-likeness (QED) is 0.852. The summed E-state index contributed by atoms with van der Waals surface area (Å²) in [7, 11) is 0. The van der Waals surface area contributed by atoms with Crippen molar-refractivity contribution in [1.82, 2.24) is 10.2 Å². The van der Waals surface area contributed by atoms with E-state index in [9.17, 15) is 4.79 Å². The maximum absolute atomic E-state index is 12.8. The van der Waals surface area contributed by atoms with E-state index in [-0.39, 0.29) is 6.04 Å². The van der Waals surface area contributed by atoms with Crippen LogP contribution in [0.25, 0.3) is 0 Å². The second kappa shape index (κ2) is 5.96. The van der Waals surface area contributed by atoms with Crippen molar-refractivity contribution < 1.29 is 4.79 Å². The number of carbonyl (C=O) groups is 1. The minimum atomic E-state index is -0.0366. The van der Waals surface area contributed by atoms with Gasteiger partial charge in [-0.05, 0) is 37.3 Å². The molecular weight excluding hydrogens is 248 g/mol. The molecule has 0 radical (unpaired) electrons. The molecule has 0 saturated carbocycles. The van der Waals surface area contributed by atoms with E-state index in [4.69, 9.17) is 0 Å². The van der Waals surface area contributed by atoms with Gasteiger partial charge >= 0.3 is 0 Å².